The molecule has 0 saturated heterocycles. The Morgan fingerprint density at radius 3 is 2.74 bits per heavy atom. The van der Waals surface area contributed by atoms with Gasteiger partial charge in [0.2, 0.25) is 5.89 Å². The highest BCUT2D eigenvalue weighted by Gasteiger charge is 2.26. The lowest BCUT2D eigenvalue weighted by atomic mass is 10.1. The van der Waals surface area contributed by atoms with Gasteiger partial charge in [-0.2, -0.15) is 0 Å². The number of thioether (sulfide) groups is 1. The van der Waals surface area contributed by atoms with Crippen molar-refractivity contribution in [3.05, 3.63) is 76.8 Å². The van der Waals surface area contributed by atoms with E-state index in [0.29, 0.717) is 17.5 Å². The first kappa shape index (κ1) is 23.9. The fourth-order valence-corrected chi connectivity index (χ4v) is 4.52. The number of carbonyl (C=O) groups excluding carboxylic acids is 1. The zero-order chi connectivity index (χ0) is 24.3. The minimum atomic E-state index is -0.614. The van der Waals surface area contributed by atoms with Gasteiger partial charge in [-0.1, -0.05) is 53.7 Å². The standard InChI is InChI=1S/C26H30N4O3S/c1-16-10-11-17(2)19(12-16)15-34-25-30-29-23(32-25)22(28-24(31)33-26(3,4)5)13-18-14-27-21-9-7-6-8-20(18)21/h6-12,14,22,27H,13,15H2,1-5H3,(H,28,31)/t22-/m1/s1. The van der Waals surface area contributed by atoms with Crippen molar-refractivity contribution in [3.8, 4) is 0 Å². The van der Waals surface area contributed by atoms with E-state index in [9.17, 15) is 4.79 Å². The molecule has 4 aromatic rings. The van der Waals surface area contributed by atoms with E-state index >= 15 is 0 Å². The number of rotatable bonds is 7. The van der Waals surface area contributed by atoms with Gasteiger partial charge in [-0.15, -0.1) is 10.2 Å². The molecule has 0 fully saturated rings. The summed E-state index contributed by atoms with van der Waals surface area (Å²) in [6.07, 6.45) is 1.90. The summed E-state index contributed by atoms with van der Waals surface area (Å²) in [5.74, 6) is 1.07. The highest BCUT2D eigenvalue weighted by atomic mass is 32.2. The summed E-state index contributed by atoms with van der Waals surface area (Å²) < 4.78 is 11.5. The maximum absolute atomic E-state index is 12.6. The summed E-state index contributed by atoms with van der Waals surface area (Å²) in [5, 5.41) is 13.0. The van der Waals surface area contributed by atoms with Gasteiger partial charge in [-0.3, -0.25) is 0 Å². The van der Waals surface area contributed by atoms with Crippen LogP contribution in [0.3, 0.4) is 0 Å². The second kappa shape index (κ2) is 9.93. The van der Waals surface area contributed by atoms with Crippen LogP contribution >= 0.6 is 11.8 Å². The fourth-order valence-electron chi connectivity index (χ4n) is 3.69. The van der Waals surface area contributed by atoms with E-state index in [1.54, 1.807) is 0 Å². The summed E-state index contributed by atoms with van der Waals surface area (Å²) in [6.45, 7) is 9.66. The number of para-hydroxylation sites is 1. The van der Waals surface area contributed by atoms with E-state index in [4.69, 9.17) is 9.15 Å². The Morgan fingerprint density at radius 1 is 1.15 bits per heavy atom. The van der Waals surface area contributed by atoms with Crippen LogP contribution in [0.2, 0.25) is 0 Å². The van der Waals surface area contributed by atoms with Crippen LogP contribution in [-0.2, 0) is 16.9 Å². The maximum atomic E-state index is 12.6. The molecule has 0 saturated carbocycles. The molecule has 2 aromatic heterocycles. The molecule has 1 atom stereocenters. The van der Waals surface area contributed by atoms with Crippen LogP contribution in [0.15, 0.2) is 58.3 Å². The maximum Gasteiger partial charge on any atom is 0.408 e. The van der Waals surface area contributed by atoms with Crippen molar-refractivity contribution in [3.63, 3.8) is 0 Å². The second-order valence-corrected chi connectivity index (χ2v) is 10.3. The number of amides is 1. The minimum Gasteiger partial charge on any atom is -0.444 e. The first-order valence-electron chi connectivity index (χ1n) is 11.2. The zero-order valence-electron chi connectivity index (χ0n) is 20.1. The van der Waals surface area contributed by atoms with Gasteiger partial charge in [0, 0.05) is 29.3 Å². The third kappa shape index (κ3) is 5.99. The Labute approximate surface area is 203 Å². The van der Waals surface area contributed by atoms with Gasteiger partial charge in [0.1, 0.15) is 11.6 Å². The molecule has 2 heterocycles. The summed E-state index contributed by atoms with van der Waals surface area (Å²) in [5.41, 5.74) is 5.13. The Bertz CT molecular complexity index is 1290. The van der Waals surface area contributed by atoms with Crippen molar-refractivity contribution < 1.29 is 13.9 Å². The average molecular weight is 479 g/mol. The van der Waals surface area contributed by atoms with Gasteiger partial charge in [-0.25, -0.2) is 4.79 Å². The second-order valence-electron chi connectivity index (χ2n) is 9.39. The van der Waals surface area contributed by atoms with Crippen molar-refractivity contribution in [1.82, 2.24) is 20.5 Å². The van der Waals surface area contributed by atoms with Crippen molar-refractivity contribution in [1.29, 1.82) is 0 Å². The highest BCUT2D eigenvalue weighted by Crippen LogP contribution is 2.28. The zero-order valence-corrected chi connectivity index (χ0v) is 21.0. The van der Waals surface area contributed by atoms with Gasteiger partial charge < -0.3 is 19.5 Å². The lowest BCUT2D eigenvalue weighted by Crippen LogP contribution is -2.36. The molecule has 0 radical (unpaired) electrons. The number of carbonyl (C=O) groups is 1. The largest absolute Gasteiger partial charge is 0.444 e. The monoisotopic (exact) mass is 478 g/mol. The summed E-state index contributed by atoms with van der Waals surface area (Å²) in [7, 11) is 0. The number of aromatic nitrogens is 3. The Morgan fingerprint density at radius 2 is 1.94 bits per heavy atom. The van der Waals surface area contributed by atoms with Crippen LogP contribution < -0.4 is 5.32 Å². The van der Waals surface area contributed by atoms with E-state index < -0.39 is 17.7 Å². The molecule has 0 unspecified atom stereocenters. The normalized spacial score (nSPS) is 12.6. The number of nitrogens with zero attached hydrogens (tertiary/aromatic N) is 2. The van der Waals surface area contributed by atoms with E-state index in [2.05, 4.69) is 52.5 Å². The number of hydrogen-bond donors (Lipinski definition) is 2. The third-order valence-corrected chi connectivity index (χ3v) is 6.23. The number of benzene rings is 2. The Balaban J connectivity index is 1.54. The summed E-state index contributed by atoms with van der Waals surface area (Å²) in [6, 6.07) is 13.9. The van der Waals surface area contributed by atoms with Gasteiger partial charge in [0.25, 0.3) is 5.22 Å². The molecular weight excluding hydrogens is 448 g/mol. The molecule has 2 aromatic carbocycles. The van der Waals surface area contributed by atoms with Gasteiger partial charge in [-0.05, 0) is 57.4 Å². The van der Waals surface area contributed by atoms with E-state index in [1.165, 1.54) is 28.5 Å². The van der Waals surface area contributed by atoms with Crippen molar-refractivity contribution >= 4 is 28.8 Å². The number of hydrogen-bond acceptors (Lipinski definition) is 6. The minimum absolute atomic E-state index is 0.347. The predicted molar refractivity (Wildman–Crippen MR) is 134 cm³/mol. The van der Waals surface area contributed by atoms with Gasteiger partial charge in [0.05, 0.1) is 0 Å². The number of ether oxygens (including phenoxy) is 1. The van der Waals surface area contributed by atoms with Crippen LogP contribution in [0, 0.1) is 13.8 Å². The molecule has 0 aliphatic carbocycles. The van der Waals surface area contributed by atoms with Crippen LogP contribution in [0.4, 0.5) is 4.79 Å². The Hall–Kier alpha value is -3.26. The van der Waals surface area contributed by atoms with E-state index in [0.717, 1.165) is 22.2 Å². The lowest BCUT2D eigenvalue weighted by Gasteiger charge is -2.22. The first-order valence-corrected chi connectivity index (χ1v) is 12.2. The third-order valence-electron chi connectivity index (χ3n) is 5.37. The molecule has 0 spiro atoms. The molecule has 1 amide bonds. The SMILES string of the molecule is Cc1ccc(C)c(CSc2nnc([C@@H](Cc3c[nH]c4ccccc34)NC(=O)OC(C)(C)C)o2)c1. The molecule has 4 rings (SSSR count). The van der Waals surface area contributed by atoms with Crippen LogP contribution in [-0.4, -0.2) is 26.9 Å². The topological polar surface area (TPSA) is 93.0 Å². The Kier molecular flexibility index (Phi) is 6.97. The van der Waals surface area contributed by atoms with E-state index in [1.807, 2.05) is 51.2 Å². The summed E-state index contributed by atoms with van der Waals surface area (Å²) >= 11 is 1.48. The van der Waals surface area contributed by atoms with Crippen LogP contribution in [0.25, 0.3) is 10.9 Å². The first-order chi connectivity index (χ1) is 16.2. The van der Waals surface area contributed by atoms with E-state index in [-0.39, 0.29) is 0 Å². The lowest BCUT2D eigenvalue weighted by molar-refractivity contribution is 0.0494. The number of H-pyrrole nitrogens is 1. The number of fused-ring (bicyclic) bond motifs is 1. The smallest absolute Gasteiger partial charge is 0.408 e. The average Bonchev–Trinajstić information content (AvgIpc) is 3.40. The molecule has 0 aliphatic heterocycles. The van der Waals surface area contributed by atoms with Crippen LogP contribution in [0.5, 0.6) is 0 Å². The molecule has 178 valence electrons. The van der Waals surface area contributed by atoms with Crippen LogP contribution in [0.1, 0.15) is 55.0 Å². The molecule has 7 nitrogen and oxygen atoms in total. The van der Waals surface area contributed by atoms with Gasteiger partial charge in [0.15, 0.2) is 0 Å². The van der Waals surface area contributed by atoms with Gasteiger partial charge >= 0.3 is 6.09 Å². The molecule has 2 N–H and O–H groups in total. The van der Waals surface area contributed by atoms with Crippen molar-refractivity contribution in [2.24, 2.45) is 0 Å². The van der Waals surface area contributed by atoms with Crippen molar-refractivity contribution in [2.45, 2.75) is 63.7 Å². The van der Waals surface area contributed by atoms with Crippen molar-refractivity contribution in [2.75, 3.05) is 0 Å². The molecule has 8 heteroatoms. The molecular formula is C26H30N4O3S. The quantitative estimate of drug-likeness (QED) is 0.304. The highest BCUT2D eigenvalue weighted by molar-refractivity contribution is 7.98. The number of aromatic amines is 1. The molecule has 34 heavy (non-hydrogen) atoms. The number of alkyl carbamates (subject to hydrolysis) is 1. The predicted octanol–water partition coefficient (Wildman–Crippen LogP) is 6.27. The fraction of sp³-hybridized carbons (Fsp3) is 0.346. The molecule has 0 bridgehead atoms. The summed E-state index contributed by atoms with van der Waals surface area (Å²) in [4.78, 5) is 15.9. The molecule has 0 aliphatic rings. The number of aryl methyl sites for hydroxylation is 2. The number of nitrogens with one attached hydrogen (secondary N) is 2.